The zero-order valence-electron chi connectivity index (χ0n) is 10.6. The van der Waals surface area contributed by atoms with Crippen LogP contribution in [-0.4, -0.2) is 14.8 Å². The molecule has 2 heterocycles. The number of alkyl halides is 2. The van der Waals surface area contributed by atoms with Crippen molar-refractivity contribution >= 4 is 0 Å². The second-order valence-electron chi connectivity index (χ2n) is 4.58. The molecule has 0 aliphatic heterocycles. The van der Waals surface area contributed by atoms with Crippen LogP contribution < -0.4 is 0 Å². The predicted molar refractivity (Wildman–Crippen MR) is 65.1 cm³/mol. The van der Waals surface area contributed by atoms with Crippen LogP contribution in [0.2, 0.25) is 0 Å². The van der Waals surface area contributed by atoms with Crippen molar-refractivity contribution in [2.24, 2.45) is 0 Å². The number of rotatable bonds is 3. The summed E-state index contributed by atoms with van der Waals surface area (Å²) in [5.74, 6) is 0.116. The van der Waals surface area contributed by atoms with Gasteiger partial charge in [-0.2, -0.15) is 5.10 Å². The molecule has 0 aromatic carbocycles. The summed E-state index contributed by atoms with van der Waals surface area (Å²) < 4.78 is 27.0. The lowest BCUT2D eigenvalue weighted by atomic mass is 10.1. The van der Waals surface area contributed by atoms with Crippen molar-refractivity contribution in [1.29, 1.82) is 0 Å². The summed E-state index contributed by atoms with van der Waals surface area (Å²) in [7, 11) is 0. The Bertz CT molecular complexity index is 547. The average molecular weight is 251 g/mol. The molecule has 3 nitrogen and oxygen atoms in total. The van der Waals surface area contributed by atoms with Gasteiger partial charge in [0.25, 0.3) is 6.43 Å². The van der Waals surface area contributed by atoms with Crippen LogP contribution in [0.15, 0.2) is 24.5 Å². The third-order valence-electron chi connectivity index (χ3n) is 2.68. The van der Waals surface area contributed by atoms with Gasteiger partial charge in [-0.25, -0.2) is 13.5 Å². The van der Waals surface area contributed by atoms with Crippen LogP contribution in [-0.2, 0) is 0 Å². The highest BCUT2D eigenvalue weighted by molar-refractivity contribution is 5.34. The summed E-state index contributed by atoms with van der Waals surface area (Å²) in [5.41, 5.74) is 2.25. The first kappa shape index (κ1) is 12.7. The first-order valence-electron chi connectivity index (χ1n) is 5.79. The van der Waals surface area contributed by atoms with Crippen molar-refractivity contribution in [1.82, 2.24) is 14.8 Å². The normalized spacial score (nSPS) is 11.5. The number of pyridine rings is 1. The number of aryl methyl sites for hydroxylation is 1. The van der Waals surface area contributed by atoms with Crippen LogP contribution >= 0.6 is 0 Å². The minimum atomic E-state index is -2.55. The largest absolute Gasteiger partial charge is 0.282 e. The topological polar surface area (TPSA) is 30.7 Å². The standard InChI is InChI=1S/C13H15F2N3/c1-8(2)12-5-11(13(14)15)17-18(12)10-4-9(3)6-16-7-10/h4-8,13H,1-3H3. The molecule has 0 bridgehead atoms. The molecule has 0 aliphatic carbocycles. The van der Waals surface area contributed by atoms with Gasteiger partial charge in [-0.15, -0.1) is 0 Å². The van der Waals surface area contributed by atoms with Gasteiger partial charge in [-0.05, 0) is 30.5 Å². The van der Waals surface area contributed by atoms with E-state index in [-0.39, 0.29) is 11.6 Å². The first-order valence-corrected chi connectivity index (χ1v) is 5.79. The molecule has 2 rings (SSSR count). The molecule has 2 aromatic rings. The molecule has 0 saturated heterocycles. The predicted octanol–water partition coefficient (Wildman–Crippen LogP) is 3.64. The Balaban J connectivity index is 2.55. The monoisotopic (exact) mass is 251 g/mol. The Labute approximate surface area is 104 Å². The van der Waals surface area contributed by atoms with Crippen molar-refractivity contribution in [3.8, 4) is 5.69 Å². The Kier molecular flexibility index (Phi) is 3.41. The average Bonchev–Trinajstić information content (AvgIpc) is 2.73. The third-order valence-corrected chi connectivity index (χ3v) is 2.68. The molecule has 0 atom stereocenters. The van der Waals surface area contributed by atoms with Crippen molar-refractivity contribution in [2.45, 2.75) is 33.1 Å². The van der Waals surface area contributed by atoms with E-state index in [1.165, 1.54) is 6.07 Å². The van der Waals surface area contributed by atoms with Gasteiger partial charge < -0.3 is 0 Å². The maximum atomic E-state index is 12.7. The molecule has 5 heteroatoms. The van der Waals surface area contributed by atoms with E-state index < -0.39 is 6.43 Å². The van der Waals surface area contributed by atoms with E-state index in [2.05, 4.69) is 10.1 Å². The molecule has 0 unspecified atom stereocenters. The summed E-state index contributed by atoms with van der Waals surface area (Å²) >= 11 is 0. The minimum absolute atomic E-state index is 0.116. The van der Waals surface area contributed by atoms with Crippen LogP contribution in [0.4, 0.5) is 8.78 Å². The van der Waals surface area contributed by atoms with E-state index in [1.54, 1.807) is 17.1 Å². The summed E-state index contributed by atoms with van der Waals surface area (Å²) in [6, 6.07) is 3.33. The SMILES string of the molecule is Cc1cncc(-n2nc(C(F)F)cc2C(C)C)c1. The van der Waals surface area contributed by atoms with E-state index in [9.17, 15) is 8.78 Å². The van der Waals surface area contributed by atoms with Crippen molar-refractivity contribution in [2.75, 3.05) is 0 Å². The lowest BCUT2D eigenvalue weighted by Crippen LogP contribution is -2.04. The fourth-order valence-corrected chi connectivity index (χ4v) is 1.79. The van der Waals surface area contributed by atoms with Crippen LogP contribution in [0, 0.1) is 6.92 Å². The van der Waals surface area contributed by atoms with Gasteiger partial charge in [0.05, 0.1) is 11.9 Å². The number of hydrogen-bond acceptors (Lipinski definition) is 2. The molecular formula is C13H15F2N3. The van der Waals surface area contributed by atoms with Crippen molar-refractivity contribution < 1.29 is 8.78 Å². The van der Waals surface area contributed by atoms with Gasteiger partial charge in [0.15, 0.2) is 0 Å². The molecule has 0 amide bonds. The lowest BCUT2D eigenvalue weighted by molar-refractivity contribution is 0.145. The highest BCUT2D eigenvalue weighted by atomic mass is 19.3. The first-order chi connectivity index (χ1) is 8.49. The Hall–Kier alpha value is -1.78. The highest BCUT2D eigenvalue weighted by Gasteiger charge is 2.18. The van der Waals surface area contributed by atoms with Crippen molar-refractivity contribution in [3.05, 3.63) is 41.5 Å². The van der Waals surface area contributed by atoms with Crippen LogP contribution in [0.1, 0.15) is 43.1 Å². The zero-order chi connectivity index (χ0) is 13.3. The molecule has 0 saturated carbocycles. The molecule has 0 fully saturated rings. The van der Waals surface area contributed by atoms with Crippen LogP contribution in [0.3, 0.4) is 0 Å². The highest BCUT2D eigenvalue weighted by Crippen LogP contribution is 2.25. The molecule has 0 aliphatic rings. The van der Waals surface area contributed by atoms with E-state index in [1.807, 2.05) is 26.8 Å². The van der Waals surface area contributed by atoms with Gasteiger partial charge in [-0.1, -0.05) is 13.8 Å². The smallest absolute Gasteiger partial charge is 0.262 e. The molecule has 0 spiro atoms. The van der Waals surface area contributed by atoms with Crippen LogP contribution in [0.25, 0.3) is 5.69 Å². The Morgan fingerprint density at radius 1 is 1.17 bits per heavy atom. The number of nitrogens with zero attached hydrogens (tertiary/aromatic N) is 3. The molecular weight excluding hydrogens is 236 g/mol. The summed E-state index contributed by atoms with van der Waals surface area (Å²) in [4.78, 5) is 4.07. The van der Waals surface area contributed by atoms with E-state index in [4.69, 9.17) is 0 Å². The van der Waals surface area contributed by atoms with Gasteiger partial charge in [0, 0.05) is 11.9 Å². The molecule has 0 radical (unpaired) electrons. The Morgan fingerprint density at radius 2 is 1.89 bits per heavy atom. The summed E-state index contributed by atoms with van der Waals surface area (Å²) in [6.07, 6.45) is 0.790. The molecule has 2 aromatic heterocycles. The molecule has 96 valence electrons. The van der Waals surface area contributed by atoms with E-state index >= 15 is 0 Å². The summed E-state index contributed by atoms with van der Waals surface area (Å²) in [5, 5.41) is 3.97. The molecule has 0 N–H and O–H groups in total. The number of hydrogen-bond donors (Lipinski definition) is 0. The quantitative estimate of drug-likeness (QED) is 0.833. The second kappa shape index (κ2) is 4.84. The van der Waals surface area contributed by atoms with E-state index in [0.29, 0.717) is 5.69 Å². The van der Waals surface area contributed by atoms with E-state index in [0.717, 1.165) is 11.3 Å². The van der Waals surface area contributed by atoms with Gasteiger partial charge in [0.2, 0.25) is 0 Å². The minimum Gasteiger partial charge on any atom is -0.262 e. The van der Waals surface area contributed by atoms with Gasteiger partial charge in [0.1, 0.15) is 5.69 Å². The van der Waals surface area contributed by atoms with Gasteiger partial charge >= 0.3 is 0 Å². The van der Waals surface area contributed by atoms with Crippen LogP contribution in [0.5, 0.6) is 0 Å². The second-order valence-corrected chi connectivity index (χ2v) is 4.58. The lowest BCUT2D eigenvalue weighted by Gasteiger charge is -2.09. The van der Waals surface area contributed by atoms with Gasteiger partial charge in [-0.3, -0.25) is 4.98 Å². The number of halogens is 2. The maximum absolute atomic E-state index is 12.7. The summed E-state index contributed by atoms with van der Waals surface area (Å²) in [6.45, 7) is 5.81. The number of aromatic nitrogens is 3. The van der Waals surface area contributed by atoms with Crippen molar-refractivity contribution in [3.63, 3.8) is 0 Å². The molecule has 18 heavy (non-hydrogen) atoms. The maximum Gasteiger partial charge on any atom is 0.282 e. The Morgan fingerprint density at radius 3 is 2.44 bits per heavy atom. The zero-order valence-corrected chi connectivity index (χ0v) is 10.6. The fraction of sp³-hybridized carbons (Fsp3) is 0.385. The fourth-order valence-electron chi connectivity index (χ4n) is 1.79. The third kappa shape index (κ3) is 2.39.